The second kappa shape index (κ2) is 9.65. The summed E-state index contributed by atoms with van der Waals surface area (Å²) in [6.07, 6.45) is -4.71. The highest BCUT2D eigenvalue weighted by Gasteiger charge is 2.36. The minimum absolute atomic E-state index is 0.0225. The minimum atomic E-state index is -4.71. The van der Waals surface area contributed by atoms with Crippen molar-refractivity contribution in [2.75, 3.05) is 13.7 Å². The van der Waals surface area contributed by atoms with Crippen LogP contribution in [0.15, 0.2) is 60.7 Å². The molecule has 1 amide bonds. The maximum absolute atomic E-state index is 14.1. The summed E-state index contributed by atoms with van der Waals surface area (Å²) in [5.41, 5.74) is 0.472. The molecule has 0 saturated carbocycles. The van der Waals surface area contributed by atoms with Crippen LogP contribution in [0.2, 0.25) is 0 Å². The molecule has 1 N–H and O–H groups in total. The molecule has 0 aliphatic heterocycles. The van der Waals surface area contributed by atoms with E-state index >= 15 is 0 Å². The first-order chi connectivity index (χ1) is 16.7. The summed E-state index contributed by atoms with van der Waals surface area (Å²) in [5, 5.41) is 6.87. The molecule has 0 aliphatic rings. The highest BCUT2D eigenvalue weighted by atomic mass is 19.4. The van der Waals surface area contributed by atoms with Crippen molar-refractivity contribution in [2.24, 2.45) is 7.05 Å². The number of fused-ring (bicyclic) bond motifs is 1. The van der Waals surface area contributed by atoms with Crippen LogP contribution in [0.1, 0.15) is 24.1 Å². The number of pyridine rings is 1. The number of alkyl halides is 3. The Morgan fingerprint density at radius 1 is 1.11 bits per heavy atom. The Labute approximate surface area is 199 Å². The van der Waals surface area contributed by atoms with Gasteiger partial charge < -0.3 is 14.8 Å². The Morgan fingerprint density at radius 2 is 1.86 bits per heavy atom. The molecule has 0 unspecified atom stereocenters. The third-order valence-electron chi connectivity index (χ3n) is 5.45. The number of carbonyl (C=O) groups is 1. The van der Waals surface area contributed by atoms with Gasteiger partial charge in [0.15, 0.2) is 12.3 Å². The van der Waals surface area contributed by atoms with E-state index in [1.807, 2.05) is 30.3 Å². The van der Waals surface area contributed by atoms with Crippen LogP contribution >= 0.6 is 0 Å². The predicted molar refractivity (Wildman–Crippen MR) is 124 cm³/mol. The maximum Gasteiger partial charge on any atom is 0.417 e. The Balaban J connectivity index is 1.64. The molecule has 2 heterocycles. The molecule has 10 heteroatoms. The van der Waals surface area contributed by atoms with Gasteiger partial charge in [-0.25, -0.2) is 4.68 Å². The lowest BCUT2D eigenvalue weighted by Gasteiger charge is -2.15. The molecular weight excluding hydrogens is 461 g/mol. The lowest BCUT2D eigenvalue weighted by atomic mass is 10.0. The van der Waals surface area contributed by atoms with E-state index < -0.39 is 24.3 Å². The highest BCUT2D eigenvalue weighted by molar-refractivity contribution is 5.95. The van der Waals surface area contributed by atoms with E-state index in [2.05, 4.69) is 15.4 Å². The first-order valence-corrected chi connectivity index (χ1v) is 10.7. The number of methoxy groups -OCH3 is 1. The van der Waals surface area contributed by atoms with Crippen molar-refractivity contribution in [1.82, 2.24) is 20.1 Å². The van der Waals surface area contributed by atoms with Gasteiger partial charge in [-0.1, -0.05) is 42.5 Å². The molecule has 35 heavy (non-hydrogen) atoms. The van der Waals surface area contributed by atoms with Gasteiger partial charge in [0.1, 0.15) is 11.4 Å². The Bertz CT molecular complexity index is 1350. The molecule has 0 saturated heterocycles. The number of nitrogens with zero attached hydrogens (tertiary/aromatic N) is 3. The van der Waals surface area contributed by atoms with E-state index in [1.54, 1.807) is 31.2 Å². The van der Waals surface area contributed by atoms with E-state index in [9.17, 15) is 18.0 Å². The van der Waals surface area contributed by atoms with Crippen molar-refractivity contribution in [3.05, 3.63) is 71.8 Å². The normalized spacial score (nSPS) is 12.4. The van der Waals surface area contributed by atoms with Gasteiger partial charge >= 0.3 is 6.18 Å². The molecule has 4 rings (SSSR count). The monoisotopic (exact) mass is 484 g/mol. The van der Waals surface area contributed by atoms with Gasteiger partial charge in [-0.05, 0) is 24.6 Å². The van der Waals surface area contributed by atoms with Crippen molar-refractivity contribution >= 4 is 16.9 Å². The third kappa shape index (κ3) is 5.21. The maximum atomic E-state index is 14.1. The van der Waals surface area contributed by atoms with Crippen LogP contribution in [-0.2, 0) is 18.0 Å². The number of benzene rings is 2. The molecule has 1 atom stereocenters. The number of ether oxygens (including phenoxy) is 2. The van der Waals surface area contributed by atoms with Crippen LogP contribution in [0.4, 0.5) is 13.2 Å². The molecule has 7 nitrogen and oxygen atoms in total. The number of halogens is 3. The highest BCUT2D eigenvalue weighted by Crippen LogP contribution is 2.40. The van der Waals surface area contributed by atoms with Crippen LogP contribution in [0.3, 0.4) is 0 Å². The summed E-state index contributed by atoms with van der Waals surface area (Å²) in [7, 11) is 2.97. The lowest BCUT2D eigenvalue weighted by Crippen LogP contribution is -2.31. The van der Waals surface area contributed by atoms with Gasteiger partial charge in [0.05, 0.1) is 24.1 Å². The third-order valence-corrected chi connectivity index (χ3v) is 5.45. The van der Waals surface area contributed by atoms with Crippen molar-refractivity contribution in [3.8, 4) is 22.9 Å². The number of aryl methyl sites for hydroxylation is 1. The molecule has 0 fully saturated rings. The smallest absolute Gasteiger partial charge is 0.417 e. The fourth-order valence-electron chi connectivity index (χ4n) is 3.74. The van der Waals surface area contributed by atoms with Gasteiger partial charge in [0.2, 0.25) is 5.88 Å². The second-order valence-electron chi connectivity index (χ2n) is 7.90. The Kier molecular flexibility index (Phi) is 6.63. The number of amides is 1. The number of rotatable bonds is 7. The van der Waals surface area contributed by atoms with Gasteiger partial charge in [-0.3, -0.25) is 4.79 Å². The van der Waals surface area contributed by atoms with Crippen LogP contribution in [0.5, 0.6) is 11.6 Å². The minimum Gasteiger partial charge on any atom is -0.497 e. The summed E-state index contributed by atoms with van der Waals surface area (Å²) in [4.78, 5) is 16.6. The standard InChI is InChI=1S/C25H23F3N4O3/c1-15(16-8-5-4-6-9-16)29-20(33)14-35-21-13-19(25(26,27)28)22-23(31-32(2)24(22)30-21)17-10-7-11-18(12-17)34-3/h4-13,15H,14H2,1-3H3,(H,29,33)/t15-/m0/s1. The molecule has 4 aromatic rings. The van der Waals surface area contributed by atoms with Crippen LogP contribution in [-0.4, -0.2) is 34.4 Å². The molecule has 2 aromatic heterocycles. The average molecular weight is 484 g/mol. The molecule has 0 aliphatic carbocycles. The van der Waals surface area contributed by atoms with E-state index in [0.29, 0.717) is 11.3 Å². The first kappa shape index (κ1) is 24.1. The summed E-state index contributed by atoms with van der Waals surface area (Å²) >= 11 is 0. The SMILES string of the molecule is COc1cccc(-c2nn(C)c3nc(OCC(=O)N[C@@H](C)c4ccccc4)cc(C(F)(F)F)c23)c1. The topological polar surface area (TPSA) is 78.3 Å². The fraction of sp³-hybridized carbons (Fsp3) is 0.240. The number of aromatic nitrogens is 3. The zero-order valence-electron chi connectivity index (χ0n) is 19.3. The summed E-state index contributed by atoms with van der Waals surface area (Å²) in [6.45, 7) is 1.31. The molecule has 0 spiro atoms. The van der Waals surface area contributed by atoms with Crippen LogP contribution in [0.25, 0.3) is 22.3 Å². The zero-order chi connectivity index (χ0) is 25.2. The van der Waals surface area contributed by atoms with Gasteiger partial charge in [-0.15, -0.1) is 0 Å². The average Bonchev–Trinajstić information content (AvgIpc) is 3.18. The van der Waals surface area contributed by atoms with Crippen molar-refractivity contribution in [3.63, 3.8) is 0 Å². The molecular formula is C25H23F3N4O3. The van der Waals surface area contributed by atoms with Gasteiger partial charge in [0, 0.05) is 18.7 Å². The van der Waals surface area contributed by atoms with Crippen LogP contribution < -0.4 is 14.8 Å². The zero-order valence-corrected chi connectivity index (χ0v) is 19.3. The second-order valence-corrected chi connectivity index (χ2v) is 7.90. The molecule has 182 valence electrons. The van der Waals surface area contributed by atoms with E-state index in [1.165, 1.54) is 18.8 Å². The number of hydrogen-bond acceptors (Lipinski definition) is 5. The number of nitrogens with one attached hydrogen (secondary N) is 1. The van der Waals surface area contributed by atoms with Crippen molar-refractivity contribution in [2.45, 2.75) is 19.1 Å². The van der Waals surface area contributed by atoms with Crippen molar-refractivity contribution in [1.29, 1.82) is 0 Å². The summed E-state index contributed by atoms with van der Waals surface area (Å²) in [6, 6.07) is 16.4. The predicted octanol–water partition coefficient (Wildman–Crippen LogP) is 4.92. The molecule has 0 radical (unpaired) electrons. The van der Waals surface area contributed by atoms with E-state index in [-0.39, 0.29) is 28.6 Å². The largest absolute Gasteiger partial charge is 0.497 e. The van der Waals surface area contributed by atoms with E-state index in [4.69, 9.17) is 9.47 Å². The quantitative estimate of drug-likeness (QED) is 0.403. The number of hydrogen-bond donors (Lipinski definition) is 1. The summed E-state index contributed by atoms with van der Waals surface area (Å²) < 4.78 is 54.1. The Morgan fingerprint density at radius 3 is 2.54 bits per heavy atom. The van der Waals surface area contributed by atoms with Crippen LogP contribution in [0, 0.1) is 0 Å². The first-order valence-electron chi connectivity index (χ1n) is 10.7. The lowest BCUT2D eigenvalue weighted by molar-refractivity contribution is -0.136. The van der Waals surface area contributed by atoms with Gasteiger partial charge in [0.25, 0.3) is 5.91 Å². The Hall–Kier alpha value is -4.08. The molecule has 2 aromatic carbocycles. The van der Waals surface area contributed by atoms with Crippen molar-refractivity contribution < 1.29 is 27.4 Å². The van der Waals surface area contributed by atoms with E-state index in [0.717, 1.165) is 11.6 Å². The number of carbonyl (C=O) groups excluding carboxylic acids is 1. The molecule has 0 bridgehead atoms. The summed E-state index contributed by atoms with van der Waals surface area (Å²) in [5.74, 6) is -0.329. The van der Waals surface area contributed by atoms with Gasteiger partial charge in [-0.2, -0.15) is 23.3 Å². The fourth-order valence-corrected chi connectivity index (χ4v) is 3.74.